The van der Waals surface area contributed by atoms with Gasteiger partial charge < -0.3 is 14.6 Å². The van der Waals surface area contributed by atoms with Gasteiger partial charge in [0.05, 0.1) is 4.92 Å². The lowest BCUT2D eigenvalue weighted by Gasteiger charge is -2.16. The van der Waals surface area contributed by atoms with E-state index in [0.29, 0.717) is 29.3 Å². The minimum atomic E-state index is -0.743. The number of nitrogens with zero attached hydrogens (tertiary/aromatic N) is 2. The Balaban J connectivity index is 2.08. The van der Waals surface area contributed by atoms with Crippen LogP contribution in [0.25, 0.3) is 0 Å². The van der Waals surface area contributed by atoms with E-state index in [0.717, 1.165) is 0 Å². The van der Waals surface area contributed by atoms with Gasteiger partial charge in [0.2, 0.25) is 0 Å². The second-order valence-corrected chi connectivity index (χ2v) is 5.03. The summed E-state index contributed by atoms with van der Waals surface area (Å²) in [5, 5.41) is 17.1. The van der Waals surface area contributed by atoms with Gasteiger partial charge in [0.15, 0.2) is 11.9 Å². The molecule has 1 amide bonds. The van der Waals surface area contributed by atoms with Crippen molar-refractivity contribution in [2.45, 2.75) is 33.3 Å². The van der Waals surface area contributed by atoms with Crippen molar-refractivity contribution in [3.8, 4) is 5.75 Å². The second-order valence-electron chi connectivity index (χ2n) is 5.03. The zero-order valence-corrected chi connectivity index (χ0v) is 13.0. The van der Waals surface area contributed by atoms with Crippen molar-refractivity contribution < 1.29 is 19.0 Å². The van der Waals surface area contributed by atoms with E-state index in [2.05, 4.69) is 10.5 Å². The number of ether oxygens (including phenoxy) is 1. The molecule has 0 spiro atoms. The molecular weight excluding hydrogens is 302 g/mol. The van der Waals surface area contributed by atoms with E-state index in [1.165, 1.54) is 18.2 Å². The Hall–Kier alpha value is -2.90. The summed E-state index contributed by atoms with van der Waals surface area (Å²) in [6.07, 6.45) is -0.313. The molecule has 23 heavy (non-hydrogen) atoms. The van der Waals surface area contributed by atoms with Crippen molar-refractivity contribution in [2.24, 2.45) is 0 Å². The third-order valence-corrected chi connectivity index (χ3v) is 3.19. The van der Waals surface area contributed by atoms with Gasteiger partial charge in [0, 0.05) is 17.7 Å². The number of aryl methyl sites for hydroxylation is 2. The number of nitro benzene ring substituents is 1. The molecule has 0 radical (unpaired) electrons. The first kappa shape index (κ1) is 16.5. The van der Waals surface area contributed by atoms with Gasteiger partial charge in [-0.05, 0) is 32.4 Å². The standard InChI is InChI=1S/C15H17N3O5/c1-4-13(15(19)16-14-8-10(3)23-17-14)22-11-5-6-12(18(20)21)9(2)7-11/h5-8,13H,4H2,1-3H3,(H,16,17,19)/t13-/m0/s1. The number of carbonyl (C=O) groups is 1. The fourth-order valence-electron chi connectivity index (χ4n) is 2.02. The molecule has 0 bridgehead atoms. The van der Waals surface area contributed by atoms with Gasteiger partial charge in [-0.15, -0.1) is 0 Å². The molecule has 0 saturated heterocycles. The smallest absolute Gasteiger partial charge is 0.272 e. The zero-order valence-electron chi connectivity index (χ0n) is 13.0. The maximum absolute atomic E-state index is 12.2. The van der Waals surface area contributed by atoms with Gasteiger partial charge in [0.25, 0.3) is 11.6 Å². The first-order chi connectivity index (χ1) is 10.9. The molecule has 0 saturated carbocycles. The largest absolute Gasteiger partial charge is 0.481 e. The quantitative estimate of drug-likeness (QED) is 0.647. The molecule has 1 N–H and O–H groups in total. The highest BCUT2D eigenvalue weighted by Crippen LogP contribution is 2.24. The fraction of sp³-hybridized carbons (Fsp3) is 0.333. The molecule has 1 aromatic heterocycles. The number of nitro groups is 1. The predicted octanol–water partition coefficient (Wildman–Crippen LogP) is 3.00. The number of aromatic nitrogens is 1. The van der Waals surface area contributed by atoms with Crippen molar-refractivity contribution in [3.05, 3.63) is 45.7 Å². The summed E-state index contributed by atoms with van der Waals surface area (Å²) in [5.41, 5.74) is 0.475. The molecule has 8 heteroatoms. The van der Waals surface area contributed by atoms with E-state index in [1.54, 1.807) is 26.8 Å². The number of hydrogen-bond donors (Lipinski definition) is 1. The summed E-state index contributed by atoms with van der Waals surface area (Å²) in [6, 6.07) is 5.96. The van der Waals surface area contributed by atoms with Gasteiger partial charge in [-0.1, -0.05) is 12.1 Å². The van der Waals surface area contributed by atoms with Crippen LogP contribution < -0.4 is 10.1 Å². The second kappa shape index (κ2) is 6.91. The lowest BCUT2D eigenvalue weighted by molar-refractivity contribution is -0.385. The number of amides is 1. The van der Waals surface area contributed by atoms with Gasteiger partial charge in [-0.2, -0.15) is 0 Å². The molecule has 2 aromatic rings. The normalized spacial score (nSPS) is 11.8. The molecule has 1 aromatic carbocycles. The lowest BCUT2D eigenvalue weighted by Crippen LogP contribution is -2.32. The molecule has 122 valence electrons. The average Bonchev–Trinajstić information content (AvgIpc) is 2.89. The van der Waals surface area contributed by atoms with Crippen molar-refractivity contribution in [3.63, 3.8) is 0 Å². The molecular formula is C15H17N3O5. The Morgan fingerprint density at radius 1 is 1.43 bits per heavy atom. The minimum absolute atomic E-state index is 0.00734. The number of carbonyl (C=O) groups excluding carboxylic acids is 1. The van der Waals surface area contributed by atoms with Crippen molar-refractivity contribution in [1.29, 1.82) is 0 Å². The molecule has 0 aliphatic carbocycles. The highest BCUT2D eigenvalue weighted by atomic mass is 16.6. The molecule has 0 fully saturated rings. The Morgan fingerprint density at radius 3 is 2.70 bits per heavy atom. The highest BCUT2D eigenvalue weighted by Gasteiger charge is 2.21. The van der Waals surface area contributed by atoms with Crippen molar-refractivity contribution in [2.75, 3.05) is 5.32 Å². The number of rotatable bonds is 6. The predicted molar refractivity (Wildman–Crippen MR) is 82.4 cm³/mol. The molecule has 1 atom stereocenters. The zero-order chi connectivity index (χ0) is 17.0. The van der Waals surface area contributed by atoms with Crippen LogP contribution in [0.1, 0.15) is 24.7 Å². The first-order valence-electron chi connectivity index (χ1n) is 7.06. The number of hydrogen-bond acceptors (Lipinski definition) is 6. The van der Waals surface area contributed by atoms with E-state index < -0.39 is 11.0 Å². The van der Waals surface area contributed by atoms with Crippen LogP contribution in [0.3, 0.4) is 0 Å². The van der Waals surface area contributed by atoms with Crippen LogP contribution in [-0.2, 0) is 4.79 Å². The highest BCUT2D eigenvalue weighted by molar-refractivity contribution is 5.93. The molecule has 0 aliphatic heterocycles. The van der Waals surface area contributed by atoms with Gasteiger partial charge >= 0.3 is 0 Å². The molecule has 0 unspecified atom stereocenters. The summed E-state index contributed by atoms with van der Waals surface area (Å²) in [6.45, 7) is 5.14. The van der Waals surface area contributed by atoms with E-state index in [-0.39, 0.29) is 11.6 Å². The van der Waals surface area contributed by atoms with Crippen LogP contribution >= 0.6 is 0 Å². The van der Waals surface area contributed by atoms with Crippen LogP contribution in [0.4, 0.5) is 11.5 Å². The number of nitrogens with one attached hydrogen (secondary N) is 1. The van der Waals surface area contributed by atoms with Crippen LogP contribution in [0, 0.1) is 24.0 Å². The molecule has 1 heterocycles. The van der Waals surface area contributed by atoms with Crippen LogP contribution in [0.5, 0.6) is 5.75 Å². The SMILES string of the molecule is CC[C@H](Oc1ccc([N+](=O)[O-])c(C)c1)C(=O)Nc1cc(C)on1. The summed E-state index contributed by atoms with van der Waals surface area (Å²) < 4.78 is 10.5. The minimum Gasteiger partial charge on any atom is -0.481 e. The Kier molecular flexibility index (Phi) is 4.95. The van der Waals surface area contributed by atoms with E-state index >= 15 is 0 Å². The van der Waals surface area contributed by atoms with E-state index in [1.807, 2.05) is 0 Å². The van der Waals surface area contributed by atoms with Crippen molar-refractivity contribution >= 4 is 17.4 Å². The van der Waals surface area contributed by atoms with Crippen LogP contribution in [-0.4, -0.2) is 22.1 Å². The maximum atomic E-state index is 12.2. The lowest BCUT2D eigenvalue weighted by atomic mass is 10.2. The summed E-state index contributed by atoms with van der Waals surface area (Å²) in [4.78, 5) is 22.5. The average molecular weight is 319 g/mol. The number of benzene rings is 1. The molecule has 2 rings (SSSR count). The van der Waals surface area contributed by atoms with Crippen molar-refractivity contribution in [1.82, 2.24) is 5.16 Å². The van der Waals surface area contributed by atoms with Crippen LogP contribution in [0.2, 0.25) is 0 Å². The van der Waals surface area contributed by atoms with E-state index in [4.69, 9.17) is 9.26 Å². The third kappa shape index (κ3) is 4.06. The first-order valence-corrected chi connectivity index (χ1v) is 7.06. The summed E-state index contributed by atoms with van der Waals surface area (Å²) in [7, 11) is 0. The Morgan fingerprint density at radius 2 is 2.17 bits per heavy atom. The summed E-state index contributed by atoms with van der Waals surface area (Å²) in [5.74, 6) is 0.929. The Bertz CT molecular complexity index is 726. The fourth-order valence-corrected chi connectivity index (χ4v) is 2.02. The molecule has 8 nitrogen and oxygen atoms in total. The topological polar surface area (TPSA) is 108 Å². The van der Waals surface area contributed by atoms with Gasteiger partial charge in [-0.25, -0.2) is 0 Å². The molecule has 0 aliphatic rings. The summed E-state index contributed by atoms with van der Waals surface area (Å²) >= 11 is 0. The number of anilines is 1. The Labute approximate surface area is 132 Å². The van der Waals surface area contributed by atoms with Gasteiger partial charge in [-0.3, -0.25) is 14.9 Å². The maximum Gasteiger partial charge on any atom is 0.272 e. The van der Waals surface area contributed by atoms with E-state index in [9.17, 15) is 14.9 Å². The van der Waals surface area contributed by atoms with Gasteiger partial charge in [0.1, 0.15) is 11.5 Å². The monoisotopic (exact) mass is 319 g/mol. The van der Waals surface area contributed by atoms with Crippen LogP contribution in [0.15, 0.2) is 28.8 Å². The third-order valence-electron chi connectivity index (χ3n) is 3.19.